The van der Waals surface area contributed by atoms with Crippen molar-refractivity contribution >= 4 is 21.9 Å². The van der Waals surface area contributed by atoms with Gasteiger partial charge in [-0.05, 0) is 19.3 Å². The first kappa shape index (κ1) is 31.9. The van der Waals surface area contributed by atoms with Gasteiger partial charge in [-0.15, -0.1) is 0 Å². The number of carbonyl (C=O) groups is 1. The standard InChI is InChI=1S/C27H53BrO4/c1-3-4-5-6-7-8-9-10-11-12-13-14-15-16-17-20-23-31-24-26(30-2)25-32-27(29)21-18-19-22-28/h26H,3-25H2,1-2H3. The number of esters is 1. The second-order valence-corrected chi connectivity index (χ2v) is 9.86. The Morgan fingerprint density at radius 3 is 1.66 bits per heavy atom. The molecule has 0 aromatic carbocycles. The van der Waals surface area contributed by atoms with Crippen molar-refractivity contribution in [2.75, 3.05) is 32.3 Å². The summed E-state index contributed by atoms with van der Waals surface area (Å²) in [5.74, 6) is -0.147. The second-order valence-electron chi connectivity index (χ2n) is 9.07. The summed E-state index contributed by atoms with van der Waals surface area (Å²) in [6, 6.07) is 0. The van der Waals surface area contributed by atoms with E-state index in [4.69, 9.17) is 14.2 Å². The van der Waals surface area contributed by atoms with Gasteiger partial charge in [0.15, 0.2) is 0 Å². The fourth-order valence-corrected chi connectivity index (χ4v) is 4.17. The summed E-state index contributed by atoms with van der Waals surface area (Å²) in [5, 5.41) is 0.925. The molecule has 0 spiro atoms. The summed E-state index contributed by atoms with van der Waals surface area (Å²) in [6.45, 7) is 3.82. The highest BCUT2D eigenvalue weighted by Crippen LogP contribution is 2.13. The molecule has 5 heteroatoms. The normalized spacial score (nSPS) is 12.2. The maximum atomic E-state index is 11.6. The molecule has 1 unspecified atom stereocenters. The van der Waals surface area contributed by atoms with Crippen LogP contribution in [0.15, 0.2) is 0 Å². The zero-order valence-corrected chi connectivity index (χ0v) is 22.9. The van der Waals surface area contributed by atoms with Gasteiger partial charge in [-0.1, -0.05) is 119 Å². The van der Waals surface area contributed by atoms with E-state index in [0.717, 1.165) is 31.2 Å². The first-order valence-electron chi connectivity index (χ1n) is 13.6. The van der Waals surface area contributed by atoms with E-state index >= 15 is 0 Å². The van der Waals surface area contributed by atoms with E-state index in [2.05, 4.69) is 22.9 Å². The van der Waals surface area contributed by atoms with Gasteiger partial charge >= 0.3 is 5.97 Å². The quantitative estimate of drug-likeness (QED) is 0.0651. The third-order valence-corrected chi connectivity index (χ3v) is 6.53. The minimum atomic E-state index is -0.170. The molecule has 0 aliphatic rings. The van der Waals surface area contributed by atoms with Crippen molar-refractivity contribution in [3.63, 3.8) is 0 Å². The summed E-state index contributed by atoms with van der Waals surface area (Å²) >= 11 is 3.37. The largest absolute Gasteiger partial charge is 0.463 e. The third kappa shape index (κ3) is 24.5. The molecule has 192 valence electrons. The Labute approximate surface area is 208 Å². The molecular weight excluding hydrogens is 468 g/mol. The molecule has 4 nitrogen and oxygen atoms in total. The highest BCUT2D eigenvalue weighted by atomic mass is 79.9. The summed E-state index contributed by atoms with van der Waals surface area (Å²) in [6.07, 6.45) is 24.2. The fourth-order valence-electron chi connectivity index (χ4n) is 3.77. The van der Waals surface area contributed by atoms with Crippen LogP contribution in [-0.4, -0.2) is 44.3 Å². The number of methoxy groups -OCH3 is 1. The molecule has 0 aromatic rings. The van der Waals surface area contributed by atoms with Gasteiger partial charge in [0.25, 0.3) is 0 Å². The highest BCUT2D eigenvalue weighted by molar-refractivity contribution is 9.09. The number of carbonyl (C=O) groups excluding carboxylic acids is 1. The predicted molar refractivity (Wildman–Crippen MR) is 140 cm³/mol. The van der Waals surface area contributed by atoms with Crippen LogP contribution in [0.25, 0.3) is 0 Å². The zero-order chi connectivity index (χ0) is 23.5. The first-order chi connectivity index (χ1) is 15.7. The zero-order valence-electron chi connectivity index (χ0n) is 21.4. The summed E-state index contributed by atoms with van der Waals surface area (Å²) in [5.41, 5.74) is 0. The van der Waals surface area contributed by atoms with Gasteiger partial charge in [0.2, 0.25) is 0 Å². The second kappa shape index (κ2) is 27.1. The van der Waals surface area contributed by atoms with E-state index in [1.54, 1.807) is 7.11 Å². The summed E-state index contributed by atoms with van der Waals surface area (Å²) in [7, 11) is 1.64. The lowest BCUT2D eigenvalue weighted by molar-refractivity contribution is -0.148. The van der Waals surface area contributed by atoms with Crippen LogP contribution in [0.4, 0.5) is 0 Å². The molecule has 1 atom stereocenters. The Morgan fingerprint density at radius 1 is 0.688 bits per heavy atom. The smallest absolute Gasteiger partial charge is 0.305 e. The number of halogens is 1. The first-order valence-corrected chi connectivity index (χ1v) is 14.7. The molecule has 0 heterocycles. The number of hydrogen-bond acceptors (Lipinski definition) is 4. The molecule has 0 amide bonds. The van der Waals surface area contributed by atoms with Gasteiger partial charge in [0.05, 0.1) is 6.61 Å². The van der Waals surface area contributed by atoms with Crippen molar-refractivity contribution in [2.45, 2.75) is 135 Å². The molecule has 0 saturated heterocycles. The Kier molecular flexibility index (Phi) is 27.0. The Balaban J connectivity index is 3.29. The van der Waals surface area contributed by atoms with Crippen LogP contribution in [0.5, 0.6) is 0 Å². The van der Waals surface area contributed by atoms with Gasteiger partial charge in [-0.2, -0.15) is 0 Å². The molecule has 0 aliphatic heterocycles. The Bertz CT molecular complexity index is 379. The van der Waals surface area contributed by atoms with Gasteiger partial charge in [0.1, 0.15) is 12.7 Å². The molecule has 0 aliphatic carbocycles. The lowest BCUT2D eigenvalue weighted by Crippen LogP contribution is -2.26. The van der Waals surface area contributed by atoms with E-state index < -0.39 is 0 Å². The third-order valence-electron chi connectivity index (χ3n) is 5.97. The molecule has 0 rings (SSSR count). The Hall–Kier alpha value is -0.130. The van der Waals surface area contributed by atoms with Crippen LogP contribution in [-0.2, 0) is 19.0 Å². The van der Waals surface area contributed by atoms with Crippen LogP contribution in [0.3, 0.4) is 0 Å². The van der Waals surface area contributed by atoms with E-state index in [1.165, 1.54) is 96.3 Å². The van der Waals surface area contributed by atoms with E-state index in [0.29, 0.717) is 13.0 Å². The molecule has 0 radical (unpaired) electrons. The summed E-state index contributed by atoms with van der Waals surface area (Å²) < 4.78 is 16.3. The van der Waals surface area contributed by atoms with Gasteiger partial charge in [-0.25, -0.2) is 0 Å². The number of ether oxygens (including phenoxy) is 3. The molecule has 32 heavy (non-hydrogen) atoms. The minimum absolute atomic E-state index is 0.147. The molecule has 0 fully saturated rings. The minimum Gasteiger partial charge on any atom is -0.463 e. The van der Waals surface area contributed by atoms with Crippen LogP contribution >= 0.6 is 15.9 Å². The Morgan fingerprint density at radius 2 is 1.19 bits per heavy atom. The molecule has 0 bridgehead atoms. The highest BCUT2D eigenvalue weighted by Gasteiger charge is 2.11. The molecule has 0 N–H and O–H groups in total. The van der Waals surface area contributed by atoms with Crippen LogP contribution in [0.1, 0.15) is 129 Å². The van der Waals surface area contributed by atoms with E-state index in [9.17, 15) is 4.79 Å². The fraction of sp³-hybridized carbons (Fsp3) is 0.963. The number of hydrogen-bond donors (Lipinski definition) is 0. The topological polar surface area (TPSA) is 44.8 Å². The van der Waals surface area contributed by atoms with Gasteiger partial charge in [0, 0.05) is 25.5 Å². The molecular formula is C27H53BrO4. The molecule has 0 saturated carbocycles. The number of alkyl halides is 1. The lowest BCUT2D eigenvalue weighted by Gasteiger charge is -2.15. The van der Waals surface area contributed by atoms with Crippen molar-refractivity contribution in [1.29, 1.82) is 0 Å². The maximum absolute atomic E-state index is 11.6. The van der Waals surface area contributed by atoms with E-state index in [1.807, 2.05) is 0 Å². The van der Waals surface area contributed by atoms with Crippen molar-refractivity contribution in [1.82, 2.24) is 0 Å². The van der Waals surface area contributed by atoms with Crippen LogP contribution in [0.2, 0.25) is 0 Å². The predicted octanol–water partition coefficient (Wildman–Crippen LogP) is 8.39. The van der Waals surface area contributed by atoms with E-state index in [-0.39, 0.29) is 18.7 Å². The van der Waals surface area contributed by atoms with Crippen LogP contribution in [0, 0.1) is 0 Å². The maximum Gasteiger partial charge on any atom is 0.305 e. The average Bonchev–Trinajstić information content (AvgIpc) is 2.80. The molecule has 0 aromatic heterocycles. The van der Waals surface area contributed by atoms with Gasteiger partial charge < -0.3 is 14.2 Å². The van der Waals surface area contributed by atoms with Crippen molar-refractivity contribution < 1.29 is 19.0 Å². The monoisotopic (exact) mass is 520 g/mol. The lowest BCUT2D eigenvalue weighted by atomic mass is 10.0. The van der Waals surface area contributed by atoms with Gasteiger partial charge in [-0.3, -0.25) is 4.79 Å². The van der Waals surface area contributed by atoms with Crippen molar-refractivity contribution in [3.05, 3.63) is 0 Å². The SMILES string of the molecule is CCCCCCCCCCCCCCCCCCOCC(COC(=O)CCCCBr)OC. The van der Waals surface area contributed by atoms with Crippen molar-refractivity contribution in [3.8, 4) is 0 Å². The number of unbranched alkanes of at least 4 members (excludes halogenated alkanes) is 16. The average molecular weight is 522 g/mol. The summed E-state index contributed by atoms with van der Waals surface area (Å²) in [4.78, 5) is 11.6. The number of rotatable bonds is 26. The van der Waals surface area contributed by atoms with Crippen LogP contribution < -0.4 is 0 Å². The van der Waals surface area contributed by atoms with Crippen molar-refractivity contribution in [2.24, 2.45) is 0 Å².